The minimum absolute atomic E-state index is 0.0258. The van der Waals surface area contributed by atoms with E-state index in [1.54, 1.807) is 24.3 Å². The van der Waals surface area contributed by atoms with Gasteiger partial charge in [0.1, 0.15) is 12.4 Å². The van der Waals surface area contributed by atoms with Gasteiger partial charge in [0.2, 0.25) is 5.91 Å². The number of nitrogens with one attached hydrogen (secondary N) is 2. The van der Waals surface area contributed by atoms with Crippen LogP contribution in [0.4, 0.5) is 0 Å². The molecule has 0 aromatic heterocycles. The van der Waals surface area contributed by atoms with Crippen LogP contribution in [-0.4, -0.2) is 37.7 Å². The number of rotatable bonds is 11. The number of benzene rings is 1. The van der Waals surface area contributed by atoms with Crippen molar-refractivity contribution in [2.45, 2.75) is 32.3 Å². The average Bonchev–Trinajstić information content (AvgIpc) is 3.44. The molecule has 7 heteroatoms. The van der Waals surface area contributed by atoms with Gasteiger partial charge in [0.05, 0.1) is 6.10 Å². The summed E-state index contributed by atoms with van der Waals surface area (Å²) in [7, 11) is 0. The second-order valence-corrected chi connectivity index (χ2v) is 6.78. The maximum atomic E-state index is 11.8. The predicted octanol–water partition coefficient (Wildman–Crippen LogP) is 2.67. The Hall–Kier alpha value is -2.05. The van der Waals surface area contributed by atoms with Crippen LogP contribution in [0, 0.1) is 5.92 Å². The molecular formula is C19H25ClN2O4. The van der Waals surface area contributed by atoms with Crippen LogP contribution >= 0.6 is 11.6 Å². The Balaban J connectivity index is 1.53. The van der Waals surface area contributed by atoms with Gasteiger partial charge < -0.3 is 20.1 Å². The molecule has 1 unspecified atom stereocenters. The van der Waals surface area contributed by atoms with Crippen LogP contribution in [0.25, 0.3) is 0 Å². The SMILES string of the molecule is C=C(CCNC(=O)COc1ccc(Cl)cc1)NC(=O)COC(C)C1CC1. The summed E-state index contributed by atoms with van der Waals surface area (Å²) in [4.78, 5) is 23.5. The van der Waals surface area contributed by atoms with E-state index in [0.717, 1.165) is 0 Å². The molecule has 0 heterocycles. The molecule has 0 radical (unpaired) electrons. The van der Waals surface area contributed by atoms with E-state index in [0.29, 0.717) is 35.4 Å². The van der Waals surface area contributed by atoms with E-state index in [2.05, 4.69) is 17.2 Å². The Kier molecular flexibility index (Phi) is 7.94. The van der Waals surface area contributed by atoms with E-state index < -0.39 is 0 Å². The van der Waals surface area contributed by atoms with Gasteiger partial charge in [-0.05, 0) is 49.9 Å². The molecule has 1 saturated carbocycles. The van der Waals surface area contributed by atoms with E-state index in [4.69, 9.17) is 21.1 Å². The lowest BCUT2D eigenvalue weighted by atomic mass is 10.3. The Morgan fingerprint density at radius 2 is 1.92 bits per heavy atom. The minimum Gasteiger partial charge on any atom is -0.484 e. The maximum absolute atomic E-state index is 11.8. The van der Waals surface area contributed by atoms with Crippen molar-refractivity contribution in [1.82, 2.24) is 10.6 Å². The molecular weight excluding hydrogens is 356 g/mol. The van der Waals surface area contributed by atoms with Crippen LogP contribution < -0.4 is 15.4 Å². The summed E-state index contributed by atoms with van der Waals surface area (Å²) in [5.41, 5.74) is 0.539. The molecule has 26 heavy (non-hydrogen) atoms. The van der Waals surface area contributed by atoms with Crippen LogP contribution in [0.3, 0.4) is 0 Å². The Morgan fingerprint density at radius 1 is 1.23 bits per heavy atom. The third kappa shape index (κ3) is 7.89. The Labute approximate surface area is 158 Å². The normalized spacial score (nSPS) is 14.4. The van der Waals surface area contributed by atoms with Gasteiger partial charge >= 0.3 is 0 Å². The quantitative estimate of drug-likeness (QED) is 0.618. The van der Waals surface area contributed by atoms with E-state index in [1.165, 1.54) is 12.8 Å². The highest BCUT2D eigenvalue weighted by Gasteiger charge is 2.28. The molecule has 0 aliphatic heterocycles. The van der Waals surface area contributed by atoms with Crippen LogP contribution in [0.2, 0.25) is 5.02 Å². The van der Waals surface area contributed by atoms with Crippen LogP contribution in [-0.2, 0) is 14.3 Å². The lowest BCUT2D eigenvalue weighted by molar-refractivity contribution is -0.127. The summed E-state index contributed by atoms with van der Waals surface area (Å²) in [6.07, 6.45) is 2.92. The molecule has 142 valence electrons. The molecule has 6 nitrogen and oxygen atoms in total. The minimum atomic E-state index is -0.249. The van der Waals surface area contributed by atoms with E-state index in [1.807, 2.05) is 6.92 Å². The highest BCUT2D eigenvalue weighted by molar-refractivity contribution is 6.30. The molecule has 1 aliphatic carbocycles. The van der Waals surface area contributed by atoms with Crippen LogP contribution in [0.5, 0.6) is 5.75 Å². The van der Waals surface area contributed by atoms with Gasteiger partial charge in [0.25, 0.3) is 5.91 Å². The van der Waals surface area contributed by atoms with Crippen molar-refractivity contribution in [3.05, 3.63) is 41.6 Å². The van der Waals surface area contributed by atoms with Gasteiger partial charge in [0.15, 0.2) is 6.61 Å². The molecule has 2 rings (SSSR count). The van der Waals surface area contributed by atoms with Gasteiger partial charge in [-0.3, -0.25) is 9.59 Å². The summed E-state index contributed by atoms with van der Waals surface area (Å²) in [6.45, 7) is 6.07. The molecule has 2 N–H and O–H groups in total. The van der Waals surface area contributed by atoms with Crippen molar-refractivity contribution < 1.29 is 19.1 Å². The topological polar surface area (TPSA) is 76.7 Å². The molecule has 1 aliphatic rings. The number of halogens is 1. The summed E-state index contributed by atoms with van der Waals surface area (Å²) in [6, 6.07) is 6.77. The summed E-state index contributed by atoms with van der Waals surface area (Å²) < 4.78 is 10.8. The molecule has 1 fully saturated rings. The van der Waals surface area contributed by atoms with Gasteiger partial charge in [-0.2, -0.15) is 0 Å². The monoisotopic (exact) mass is 380 g/mol. The van der Waals surface area contributed by atoms with Crippen molar-refractivity contribution in [1.29, 1.82) is 0 Å². The summed E-state index contributed by atoms with van der Waals surface area (Å²) in [5, 5.41) is 5.99. The van der Waals surface area contributed by atoms with E-state index in [9.17, 15) is 9.59 Å². The molecule has 1 atom stereocenters. The number of hydrogen-bond donors (Lipinski definition) is 2. The van der Waals surface area contributed by atoms with Crippen molar-refractivity contribution in [2.24, 2.45) is 5.92 Å². The first-order valence-corrected chi connectivity index (χ1v) is 9.06. The average molecular weight is 381 g/mol. The third-order valence-corrected chi connectivity index (χ3v) is 4.26. The smallest absolute Gasteiger partial charge is 0.257 e. The number of ether oxygens (including phenoxy) is 2. The predicted molar refractivity (Wildman–Crippen MR) is 100.0 cm³/mol. The first-order valence-electron chi connectivity index (χ1n) is 8.68. The van der Waals surface area contributed by atoms with Gasteiger partial charge in [-0.15, -0.1) is 0 Å². The summed E-state index contributed by atoms with van der Waals surface area (Å²) in [5.74, 6) is 0.693. The number of carbonyl (C=O) groups excluding carboxylic acids is 2. The molecule has 1 aromatic carbocycles. The molecule has 0 spiro atoms. The zero-order valence-electron chi connectivity index (χ0n) is 14.9. The lowest BCUT2D eigenvalue weighted by Gasteiger charge is -2.13. The number of amides is 2. The summed E-state index contributed by atoms with van der Waals surface area (Å²) >= 11 is 5.78. The Bertz CT molecular complexity index is 629. The lowest BCUT2D eigenvalue weighted by Crippen LogP contribution is -2.33. The van der Waals surface area contributed by atoms with Gasteiger partial charge in [0, 0.05) is 23.7 Å². The number of carbonyl (C=O) groups is 2. The van der Waals surface area contributed by atoms with Gasteiger partial charge in [-0.25, -0.2) is 0 Å². The zero-order chi connectivity index (χ0) is 18.9. The van der Waals surface area contributed by atoms with E-state index in [-0.39, 0.29) is 31.1 Å². The second-order valence-electron chi connectivity index (χ2n) is 6.35. The van der Waals surface area contributed by atoms with Gasteiger partial charge in [-0.1, -0.05) is 18.2 Å². The maximum Gasteiger partial charge on any atom is 0.257 e. The fourth-order valence-electron chi connectivity index (χ4n) is 2.29. The first kappa shape index (κ1) is 20.3. The second kappa shape index (κ2) is 10.2. The molecule has 1 aromatic rings. The molecule has 0 saturated heterocycles. The molecule has 2 amide bonds. The van der Waals surface area contributed by atoms with Crippen molar-refractivity contribution in [3.63, 3.8) is 0 Å². The zero-order valence-corrected chi connectivity index (χ0v) is 15.7. The highest BCUT2D eigenvalue weighted by atomic mass is 35.5. The fraction of sp³-hybridized carbons (Fsp3) is 0.474. The fourth-order valence-corrected chi connectivity index (χ4v) is 2.41. The largest absolute Gasteiger partial charge is 0.484 e. The highest BCUT2D eigenvalue weighted by Crippen LogP contribution is 2.33. The van der Waals surface area contributed by atoms with Crippen LogP contribution in [0.1, 0.15) is 26.2 Å². The number of hydrogen-bond acceptors (Lipinski definition) is 4. The van der Waals surface area contributed by atoms with Crippen molar-refractivity contribution in [2.75, 3.05) is 19.8 Å². The Morgan fingerprint density at radius 3 is 2.58 bits per heavy atom. The van der Waals surface area contributed by atoms with Crippen molar-refractivity contribution >= 4 is 23.4 Å². The first-order chi connectivity index (χ1) is 12.4. The standard InChI is InChI=1S/C19H25ClN2O4/c1-13(22-19(24)12-25-14(2)15-3-4-15)9-10-21-18(23)11-26-17-7-5-16(20)6-8-17/h5-8,14-15H,1,3-4,9-12H2,2H3,(H,21,23)(H,22,24). The van der Waals surface area contributed by atoms with Crippen LogP contribution in [0.15, 0.2) is 36.5 Å². The van der Waals surface area contributed by atoms with E-state index >= 15 is 0 Å². The third-order valence-electron chi connectivity index (χ3n) is 4.01. The molecule has 0 bridgehead atoms. The van der Waals surface area contributed by atoms with Crippen molar-refractivity contribution in [3.8, 4) is 5.75 Å².